The van der Waals surface area contributed by atoms with E-state index in [4.69, 9.17) is 0 Å². The molecule has 6 heteroatoms. The van der Waals surface area contributed by atoms with Crippen LogP contribution in [-0.4, -0.2) is 32.2 Å². The van der Waals surface area contributed by atoms with Crippen LogP contribution in [0.15, 0.2) is 47.4 Å². The Hall–Kier alpha value is -2.18. The van der Waals surface area contributed by atoms with Gasteiger partial charge in [-0.1, -0.05) is 25.5 Å². The zero-order valence-corrected chi connectivity index (χ0v) is 16.6. The predicted molar refractivity (Wildman–Crippen MR) is 105 cm³/mol. The fourth-order valence-corrected chi connectivity index (χ4v) is 3.76. The number of unbranched alkanes of at least 4 members (excludes halogenated alkanes) is 1. The van der Waals surface area contributed by atoms with Gasteiger partial charge in [0.2, 0.25) is 10.0 Å². The van der Waals surface area contributed by atoms with Gasteiger partial charge < -0.3 is 5.32 Å². The van der Waals surface area contributed by atoms with Gasteiger partial charge in [0.25, 0.3) is 5.91 Å². The molecule has 0 radical (unpaired) electrons. The van der Waals surface area contributed by atoms with Gasteiger partial charge >= 0.3 is 0 Å². The minimum atomic E-state index is -3.60. The van der Waals surface area contributed by atoms with E-state index in [9.17, 15) is 13.2 Å². The molecular formula is C20H26N2O3S. The Kier molecular flexibility index (Phi) is 6.56. The lowest BCUT2D eigenvalue weighted by atomic mass is 10.1. The molecule has 140 valence electrons. The van der Waals surface area contributed by atoms with Crippen LogP contribution >= 0.6 is 0 Å². The maximum atomic E-state index is 12.6. The smallest absolute Gasteiger partial charge is 0.255 e. The Balaban J connectivity index is 2.22. The average molecular weight is 375 g/mol. The molecule has 0 aromatic heterocycles. The topological polar surface area (TPSA) is 66.5 Å². The van der Waals surface area contributed by atoms with E-state index in [1.165, 1.54) is 16.4 Å². The maximum absolute atomic E-state index is 12.6. The van der Waals surface area contributed by atoms with Gasteiger partial charge in [0.15, 0.2) is 0 Å². The number of sulfonamides is 1. The Morgan fingerprint density at radius 2 is 1.81 bits per heavy atom. The number of nitrogens with zero attached hydrogens (tertiary/aromatic N) is 1. The molecule has 0 aliphatic heterocycles. The van der Waals surface area contributed by atoms with E-state index in [-0.39, 0.29) is 10.8 Å². The molecule has 0 saturated heterocycles. The lowest BCUT2D eigenvalue weighted by molar-refractivity contribution is 0.102. The predicted octanol–water partition coefficient (Wildman–Crippen LogP) is 3.98. The molecule has 5 nitrogen and oxygen atoms in total. The first-order chi connectivity index (χ1) is 12.3. The number of anilines is 1. The summed E-state index contributed by atoms with van der Waals surface area (Å²) in [5.74, 6) is -0.332. The molecule has 2 aromatic carbocycles. The Morgan fingerprint density at radius 3 is 2.46 bits per heavy atom. The zero-order valence-electron chi connectivity index (χ0n) is 15.7. The molecule has 0 unspecified atom stereocenters. The number of carbonyl (C=O) groups excluding carboxylic acids is 1. The molecule has 0 aliphatic carbocycles. The van der Waals surface area contributed by atoms with Gasteiger partial charge in [-0.25, -0.2) is 12.7 Å². The summed E-state index contributed by atoms with van der Waals surface area (Å²) < 4.78 is 26.6. The minimum absolute atomic E-state index is 0.129. The third-order valence-electron chi connectivity index (χ3n) is 4.40. The second kappa shape index (κ2) is 8.47. The van der Waals surface area contributed by atoms with Crippen LogP contribution < -0.4 is 5.32 Å². The highest BCUT2D eigenvalue weighted by molar-refractivity contribution is 7.89. The van der Waals surface area contributed by atoms with Gasteiger partial charge in [-0.05, 0) is 61.7 Å². The van der Waals surface area contributed by atoms with E-state index in [0.29, 0.717) is 17.8 Å². The van der Waals surface area contributed by atoms with Crippen LogP contribution in [-0.2, 0) is 10.0 Å². The van der Waals surface area contributed by atoms with Gasteiger partial charge in [-0.2, -0.15) is 0 Å². The van der Waals surface area contributed by atoms with Crippen molar-refractivity contribution in [3.63, 3.8) is 0 Å². The van der Waals surface area contributed by atoms with Crippen molar-refractivity contribution in [2.45, 2.75) is 38.5 Å². The Labute approximate surface area is 156 Å². The molecule has 0 fully saturated rings. The van der Waals surface area contributed by atoms with Crippen LogP contribution in [0.3, 0.4) is 0 Å². The summed E-state index contributed by atoms with van der Waals surface area (Å²) in [4.78, 5) is 12.6. The molecule has 0 spiro atoms. The normalized spacial score (nSPS) is 11.6. The fraction of sp³-hybridized carbons (Fsp3) is 0.350. The van der Waals surface area contributed by atoms with Crippen LogP contribution in [0.4, 0.5) is 5.69 Å². The fourth-order valence-electron chi connectivity index (χ4n) is 2.50. The Morgan fingerprint density at radius 1 is 1.08 bits per heavy atom. The summed E-state index contributed by atoms with van der Waals surface area (Å²) in [6.45, 7) is 6.45. The summed E-state index contributed by atoms with van der Waals surface area (Å²) in [7, 11) is -2.04. The van der Waals surface area contributed by atoms with E-state index >= 15 is 0 Å². The van der Waals surface area contributed by atoms with E-state index in [2.05, 4.69) is 5.32 Å². The minimum Gasteiger partial charge on any atom is -0.322 e. The van der Waals surface area contributed by atoms with Gasteiger partial charge in [-0.3, -0.25) is 4.79 Å². The van der Waals surface area contributed by atoms with Gasteiger partial charge in [-0.15, -0.1) is 0 Å². The molecule has 2 rings (SSSR count). The highest BCUT2D eigenvalue weighted by Gasteiger charge is 2.21. The number of nitrogens with one attached hydrogen (secondary N) is 1. The summed E-state index contributed by atoms with van der Waals surface area (Å²) in [5.41, 5.74) is 3.22. The second-order valence-corrected chi connectivity index (χ2v) is 8.51. The number of benzene rings is 2. The number of amides is 1. The molecule has 26 heavy (non-hydrogen) atoms. The molecular weight excluding hydrogens is 348 g/mol. The van der Waals surface area contributed by atoms with E-state index in [0.717, 1.165) is 24.0 Å². The van der Waals surface area contributed by atoms with E-state index < -0.39 is 10.0 Å². The second-order valence-electron chi connectivity index (χ2n) is 6.46. The lowest BCUT2D eigenvalue weighted by Crippen LogP contribution is -2.28. The molecule has 0 heterocycles. The monoisotopic (exact) mass is 374 g/mol. The third-order valence-corrected chi connectivity index (χ3v) is 6.25. The van der Waals surface area contributed by atoms with Gasteiger partial charge in [0.05, 0.1) is 4.90 Å². The zero-order chi connectivity index (χ0) is 19.3. The number of aryl methyl sites for hydroxylation is 2. The van der Waals surface area contributed by atoms with Crippen molar-refractivity contribution in [1.29, 1.82) is 0 Å². The standard InChI is InChI=1S/C20H26N2O3S/c1-5-6-12-22(4)26(24,25)19-9-7-8-17(14-19)20(23)21-18-11-10-15(2)16(3)13-18/h7-11,13-14H,5-6,12H2,1-4H3,(H,21,23). The van der Waals surface area contributed by atoms with Crippen molar-refractivity contribution < 1.29 is 13.2 Å². The first-order valence-corrected chi connectivity index (χ1v) is 10.1. The van der Waals surface area contributed by atoms with Gasteiger partial charge in [0, 0.05) is 24.8 Å². The quantitative estimate of drug-likeness (QED) is 0.797. The van der Waals surface area contributed by atoms with E-state index in [1.807, 2.05) is 39.0 Å². The van der Waals surface area contributed by atoms with Crippen molar-refractivity contribution in [3.8, 4) is 0 Å². The summed E-state index contributed by atoms with van der Waals surface area (Å²) in [6.07, 6.45) is 1.71. The van der Waals surface area contributed by atoms with Gasteiger partial charge in [0.1, 0.15) is 0 Å². The van der Waals surface area contributed by atoms with Crippen LogP contribution in [0.2, 0.25) is 0 Å². The van der Waals surface area contributed by atoms with Crippen molar-refractivity contribution >= 4 is 21.6 Å². The molecule has 1 N–H and O–H groups in total. The van der Waals surface area contributed by atoms with E-state index in [1.54, 1.807) is 19.2 Å². The number of rotatable bonds is 7. The highest BCUT2D eigenvalue weighted by atomic mass is 32.2. The average Bonchev–Trinajstić information content (AvgIpc) is 2.62. The SMILES string of the molecule is CCCCN(C)S(=O)(=O)c1cccc(C(=O)Nc2ccc(C)c(C)c2)c1. The van der Waals surface area contributed by atoms with Crippen LogP contribution in [0.1, 0.15) is 41.3 Å². The molecule has 0 atom stereocenters. The largest absolute Gasteiger partial charge is 0.322 e. The van der Waals surface area contributed by atoms with Crippen molar-refractivity contribution in [3.05, 3.63) is 59.2 Å². The molecule has 0 aliphatic rings. The highest BCUT2D eigenvalue weighted by Crippen LogP contribution is 2.19. The van der Waals surface area contributed by atoms with Crippen LogP contribution in [0.25, 0.3) is 0 Å². The molecule has 0 saturated carbocycles. The van der Waals surface area contributed by atoms with Crippen LogP contribution in [0, 0.1) is 13.8 Å². The molecule has 2 aromatic rings. The van der Waals surface area contributed by atoms with Crippen molar-refractivity contribution in [2.24, 2.45) is 0 Å². The Bertz CT molecular complexity index is 892. The maximum Gasteiger partial charge on any atom is 0.255 e. The first-order valence-electron chi connectivity index (χ1n) is 8.70. The summed E-state index contributed by atoms with van der Waals surface area (Å²) in [6, 6.07) is 11.8. The molecule has 1 amide bonds. The summed E-state index contributed by atoms with van der Waals surface area (Å²) >= 11 is 0. The van der Waals surface area contributed by atoms with Crippen molar-refractivity contribution in [2.75, 3.05) is 18.9 Å². The number of carbonyl (C=O) groups is 1. The summed E-state index contributed by atoms with van der Waals surface area (Å²) in [5, 5.41) is 2.82. The third kappa shape index (κ3) is 4.71. The van der Waals surface area contributed by atoms with Crippen LogP contribution in [0.5, 0.6) is 0 Å². The first kappa shape index (κ1) is 20.1. The van der Waals surface area contributed by atoms with Crippen molar-refractivity contribution in [1.82, 2.24) is 4.31 Å². The number of hydrogen-bond donors (Lipinski definition) is 1. The molecule has 0 bridgehead atoms. The lowest BCUT2D eigenvalue weighted by Gasteiger charge is -2.17. The number of hydrogen-bond acceptors (Lipinski definition) is 3.